The monoisotopic (exact) mass is 272 g/mol. The maximum Gasteiger partial charge on any atom is 0.254 e. The molecule has 2 heterocycles. The lowest BCUT2D eigenvalue weighted by molar-refractivity contribution is 0.0940. The number of aromatic amines is 1. The summed E-state index contributed by atoms with van der Waals surface area (Å²) in [5, 5.41) is 2.69. The highest BCUT2D eigenvalue weighted by molar-refractivity contribution is 7.91. The number of nitrogens with one attached hydrogen (secondary N) is 2. The SMILES string of the molecule is O=C(N[C@H]1CCS(=O)(=O)C1)c1ccc[nH]c1=S. The first-order valence-electron chi connectivity index (χ1n) is 5.17. The summed E-state index contributed by atoms with van der Waals surface area (Å²) in [5.74, 6) is -0.171. The van der Waals surface area contributed by atoms with Gasteiger partial charge in [0, 0.05) is 12.2 Å². The minimum Gasteiger partial charge on any atom is -0.352 e. The van der Waals surface area contributed by atoms with Crippen LogP contribution >= 0.6 is 12.2 Å². The van der Waals surface area contributed by atoms with Gasteiger partial charge in [0.15, 0.2) is 9.84 Å². The molecule has 2 N–H and O–H groups in total. The normalized spacial score (nSPS) is 22.2. The Labute approximate surface area is 104 Å². The predicted molar refractivity (Wildman–Crippen MR) is 66.2 cm³/mol. The third-order valence-corrected chi connectivity index (χ3v) is 4.74. The van der Waals surface area contributed by atoms with Gasteiger partial charge in [-0.3, -0.25) is 4.79 Å². The lowest BCUT2D eigenvalue weighted by atomic mass is 10.2. The van der Waals surface area contributed by atoms with Crippen LogP contribution in [0.15, 0.2) is 18.3 Å². The van der Waals surface area contributed by atoms with E-state index in [1.807, 2.05) is 0 Å². The van der Waals surface area contributed by atoms with Gasteiger partial charge in [0.2, 0.25) is 0 Å². The molecule has 1 aromatic heterocycles. The third kappa shape index (κ3) is 2.92. The van der Waals surface area contributed by atoms with Crippen molar-refractivity contribution >= 4 is 28.0 Å². The molecule has 0 aliphatic carbocycles. The fourth-order valence-corrected chi connectivity index (χ4v) is 3.67. The maximum atomic E-state index is 11.8. The van der Waals surface area contributed by atoms with Crippen molar-refractivity contribution in [1.82, 2.24) is 10.3 Å². The van der Waals surface area contributed by atoms with Crippen LogP contribution in [0.2, 0.25) is 0 Å². The molecule has 0 unspecified atom stereocenters. The van der Waals surface area contributed by atoms with Gasteiger partial charge in [-0.15, -0.1) is 0 Å². The van der Waals surface area contributed by atoms with E-state index in [0.29, 0.717) is 16.6 Å². The van der Waals surface area contributed by atoms with Crippen molar-refractivity contribution in [2.24, 2.45) is 0 Å². The number of sulfone groups is 1. The Morgan fingerprint density at radius 1 is 1.53 bits per heavy atom. The van der Waals surface area contributed by atoms with Crippen LogP contribution in [0.4, 0.5) is 0 Å². The van der Waals surface area contributed by atoms with E-state index in [9.17, 15) is 13.2 Å². The van der Waals surface area contributed by atoms with E-state index in [0.717, 1.165) is 0 Å². The summed E-state index contributed by atoms with van der Waals surface area (Å²) in [6, 6.07) is 2.98. The fourth-order valence-electron chi connectivity index (χ4n) is 1.77. The van der Waals surface area contributed by atoms with E-state index in [-0.39, 0.29) is 23.5 Å². The van der Waals surface area contributed by atoms with Crippen molar-refractivity contribution in [1.29, 1.82) is 0 Å². The third-order valence-electron chi connectivity index (χ3n) is 2.63. The Hall–Kier alpha value is -1.21. The first kappa shape index (κ1) is 12.3. The van der Waals surface area contributed by atoms with Crippen LogP contribution in [-0.4, -0.2) is 36.9 Å². The lowest BCUT2D eigenvalue weighted by Crippen LogP contribution is -2.35. The molecule has 7 heteroatoms. The molecular formula is C10H12N2O3S2. The van der Waals surface area contributed by atoms with E-state index >= 15 is 0 Å². The van der Waals surface area contributed by atoms with Gasteiger partial charge in [-0.25, -0.2) is 8.42 Å². The molecule has 1 amide bonds. The van der Waals surface area contributed by atoms with Crippen LogP contribution < -0.4 is 5.32 Å². The molecule has 2 rings (SSSR count). The van der Waals surface area contributed by atoms with E-state index < -0.39 is 9.84 Å². The molecule has 0 aromatic carbocycles. The van der Waals surface area contributed by atoms with E-state index in [1.165, 1.54) is 0 Å². The Bertz CT molecular complexity index is 592. The van der Waals surface area contributed by atoms with E-state index in [4.69, 9.17) is 12.2 Å². The number of aromatic nitrogens is 1. The summed E-state index contributed by atoms with van der Waals surface area (Å²) in [7, 11) is -2.98. The highest BCUT2D eigenvalue weighted by atomic mass is 32.2. The van der Waals surface area contributed by atoms with Gasteiger partial charge in [0.25, 0.3) is 5.91 Å². The van der Waals surface area contributed by atoms with Crippen LogP contribution in [0.25, 0.3) is 0 Å². The van der Waals surface area contributed by atoms with Crippen molar-refractivity contribution in [3.63, 3.8) is 0 Å². The number of pyridine rings is 1. The summed E-state index contributed by atoms with van der Waals surface area (Å²) >= 11 is 4.98. The molecule has 1 atom stereocenters. The minimum atomic E-state index is -2.98. The van der Waals surface area contributed by atoms with Gasteiger partial charge in [-0.1, -0.05) is 12.2 Å². The molecule has 0 radical (unpaired) electrons. The van der Waals surface area contributed by atoms with Gasteiger partial charge in [-0.2, -0.15) is 0 Å². The first-order valence-corrected chi connectivity index (χ1v) is 7.40. The van der Waals surface area contributed by atoms with Crippen molar-refractivity contribution in [3.8, 4) is 0 Å². The maximum absolute atomic E-state index is 11.8. The number of carbonyl (C=O) groups excluding carboxylic acids is 1. The molecule has 0 spiro atoms. The average molecular weight is 272 g/mol. The van der Waals surface area contributed by atoms with Crippen LogP contribution in [0, 0.1) is 4.64 Å². The molecule has 1 aromatic rings. The predicted octanol–water partition coefficient (Wildman–Crippen LogP) is 0.661. The number of hydrogen-bond donors (Lipinski definition) is 2. The van der Waals surface area contributed by atoms with Crippen molar-refractivity contribution in [2.75, 3.05) is 11.5 Å². The standard InChI is InChI=1S/C10H12N2O3S2/c13-9(8-2-1-4-11-10(8)16)12-7-3-5-17(14,15)6-7/h1-2,4,7H,3,5-6H2,(H,11,16)(H,12,13)/t7-/m0/s1. The van der Waals surface area contributed by atoms with E-state index in [2.05, 4.69) is 10.3 Å². The molecule has 1 aliphatic heterocycles. The topological polar surface area (TPSA) is 79.0 Å². The van der Waals surface area contributed by atoms with Crippen LogP contribution in [0.3, 0.4) is 0 Å². The molecule has 5 nitrogen and oxygen atoms in total. The molecule has 1 fully saturated rings. The second kappa shape index (κ2) is 4.58. The molecule has 92 valence electrons. The Kier molecular flexibility index (Phi) is 3.30. The molecule has 0 bridgehead atoms. The molecular weight excluding hydrogens is 260 g/mol. The van der Waals surface area contributed by atoms with Gasteiger partial charge in [-0.05, 0) is 18.6 Å². The Morgan fingerprint density at radius 2 is 2.29 bits per heavy atom. The van der Waals surface area contributed by atoms with Gasteiger partial charge in [0.1, 0.15) is 4.64 Å². The van der Waals surface area contributed by atoms with Gasteiger partial charge >= 0.3 is 0 Å². The Morgan fingerprint density at radius 3 is 2.88 bits per heavy atom. The largest absolute Gasteiger partial charge is 0.352 e. The summed E-state index contributed by atoms with van der Waals surface area (Å²) < 4.78 is 22.8. The smallest absolute Gasteiger partial charge is 0.254 e. The fraction of sp³-hybridized carbons (Fsp3) is 0.400. The first-order chi connectivity index (χ1) is 7.98. The average Bonchev–Trinajstić information content (AvgIpc) is 2.58. The molecule has 1 aliphatic rings. The quantitative estimate of drug-likeness (QED) is 0.775. The minimum absolute atomic E-state index is 0.0159. The van der Waals surface area contributed by atoms with Gasteiger partial charge in [0.05, 0.1) is 17.1 Å². The van der Waals surface area contributed by atoms with Crippen molar-refractivity contribution in [2.45, 2.75) is 12.5 Å². The zero-order chi connectivity index (χ0) is 12.5. The molecule has 0 saturated carbocycles. The zero-order valence-electron chi connectivity index (χ0n) is 8.97. The van der Waals surface area contributed by atoms with E-state index in [1.54, 1.807) is 18.3 Å². The second-order valence-corrected chi connectivity index (χ2v) is 6.62. The summed E-state index contributed by atoms with van der Waals surface area (Å²) in [4.78, 5) is 14.6. The number of hydrogen-bond acceptors (Lipinski definition) is 4. The second-order valence-electron chi connectivity index (χ2n) is 3.99. The summed E-state index contributed by atoms with van der Waals surface area (Å²) in [5.41, 5.74) is 0.367. The highest BCUT2D eigenvalue weighted by Crippen LogP contribution is 2.12. The number of carbonyl (C=O) groups is 1. The summed E-state index contributed by atoms with van der Waals surface area (Å²) in [6.07, 6.45) is 2.11. The van der Waals surface area contributed by atoms with Crippen LogP contribution in [-0.2, 0) is 9.84 Å². The number of rotatable bonds is 2. The van der Waals surface area contributed by atoms with Crippen molar-refractivity contribution < 1.29 is 13.2 Å². The van der Waals surface area contributed by atoms with Crippen LogP contribution in [0.5, 0.6) is 0 Å². The molecule has 1 saturated heterocycles. The number of amides is 1. The number of H-pyrrole nitrogens is 1. The Balaban J connectivity index is 2.09. The molecule has 17 heavy (non-hydrogen) atoms. The lowest BCUT2D eigenvalue weighted by Gasteiger charge is -2.10. The summed E-state index contributed by atoms with van der Waals surface area (Å²) in [6.45, 7) is 0. The van der Waals surface area contributed by atoms with Crippen LogP contribution in [0.1, 0.15) is 16.8 Å². The van der Waals surface area contributed by atoms with Gasteiger partial charge < -0.3 is 10.3 Å². The highest BCUT2D eigenvalue weighted by Gasteiger charge is 2.29. The van der Waals surface area contributed by atoms with Crippen molar-refractivity contribution in [3.05, 3.63) is 28.5 Å². The zero-order valence-corrected chi connectivity index (χ0v) is 10.6.